The summed E-state index contributed by atoms with van der Waals surface area (Å²) in [6.45, 7) is 0. The summed E-state index contributed by atoms with van der Waals surface area (Å²) in [5, 5.41) is 0.853. The summed E-state index contributed by atoms with van der Waals surface area (Å²) >= 11 is 14.9. The van der Waals surface area contributed by atoms with Gasteiger partial charge in [-0.15, -0.1) is 0 Å². The first kappa shape index (κ1) is 14.5. The molecule has 2 rings (SSSR count). The Kier molecular flexibility index (Phi) is 4.61. The Labute approximate surface area is 128 Å². The average molecular weight is 362 g/mol. The molecule has 0 bridgehead atoms. The molecule has 0 saturated heterocycles. The molecule has 0 N–H and O–H groups in total. The standard InChI is InChI=1S/C14H8BrCl2FO/c15-11-7-9(18)2-3-10(11)14(19)6-8-1-4-12(16)13(17)5-8/h1-5,7H,6H2. The highest BCUT2D eigenvalue weighted by molar-refractivity contribution is 9.10. The van der Waals surface area contributed by atoms with Gasteiger partial charge in [0.05, 0.1) is 10.0 Å². The largest absolute Gasteiger partial charge is 0.294 e. The van der Waals surface area contributed by atoms with Crippen molar-refractivity contribution >= 4 is 44.9 Å². The fourth-order valence-corrected chi connectivity index (χ4v) is 2.54. The van der Waals surface area contributed by atoms with Crippen molar-refractivity contribution in [1.82, 2.24) is 0 Å². The van der Waals surface area contributed by atoms with Crippen molar-refractivity contribution in [3.05, 3.63) is 67.9 Å². The maximum Gasteiger partial charge on any atom is 0.168 e. The fraction of sp³-hybridized carbons (Fsp3) is 0.0714. The molecule has 0 fully saturated rings. The summed E-state index contributed by atoms with van der Waals surface area (Å²) < 4.78 is 13.4. The van der Waals surface area contributed by atoms with Crippen molar-refractivity contribution in [2.45, 2.75) is 6.42 Å². The van der Waals surface area contributed by atoms with Gasteiger partial charge in [-0.3, -0.25) is 4.79 Å². The summed E-state index contributed by atoms with van der Waals surface area (Å²) in [6.07, 6.45) is 0.182. The topological polar surface area (TPSA) is 17.1 Å². The third kappa shape index (κ3) is 3.56. The second-order valence-electron chi connectivity index (χ2n) is 3.97. The van der Waals surface area contributed by atoms with E-state index >= 15 is 0 Å². The lowest BCUT2D eigenvalue weighted by molar-refractivity contribution is 0.0992. The van der Waals surface area contributed by atoms with Gasteiger partial charge in [0.2, 0.25) is 0 Å². The molecule has 0 unspecified atom stereocenters. The average Bonchev–Trinajstić information content (AvgIpc) is 2.33. The van der Waals surface area contributed by atoms with E-state index in [-0.39, 0.29) is 12.2 Å². The number of benzene rings is 2. The van der Waals surface area contributed by atoms with E-state index in [1.807, 2.05) is 0 Å². The Morgan fingerprint density at radius 3 is 2.47 bits per heavy atom. The van der Waals surface area contributed by atoms with Gasteiger partial charge in [-0.2, -0.15) is 0 Å². The first-order valence-corrected chi connectivity index (χ1v) is 6.94. The van der Waals surface area contributed by atoms with E-state index in [4.69, 9.17) is 23.2 Å². The zero-order chi connectivity index (χ0) is 14.0. The number of carbonyl (C=O) groups is 1. The van der Waals surface area contributed by atoms with Gasteiger partial charge in [0.25, 0.3) is 0 Å². The van der Waals surface area contributed by atoms with Crippen LogP contribution in [-0.2, 0) is 6.42 Å². The van der Waals surface area contributed by atoms with Crippen molar-refractivity contribution in [3.8, 4) is 0 Å². The van der Waals surface area contributed by atoms with Gasteiger partial charge in [0.1, 0.15) is 5.82 Å². The number of hydrogen-bond acceptors (Lipinski definition) is 1. The van der Waals surface area contributed by atoms with Gasteiger partial charge in [-0.05, 0) is 51.8 Å². The van der Waals surface area contributed by atoms with Crippen LogP contribution in [0.5, 0.6) is 0 Å². The number of rotatable bonds is 3. The Morgan fingerprint density at radius 2 is 1.84 bits per heavy atom. The normalized spacial score (nSPS) is 10.5. The van der Waals surface area contributed by atoms with Crippen LogP contribution in [-0.4, -0.2) is 5.78 Å². The molecule has 0 spiro atoms. The number of hydrogen-bond donors (Lipinski definition) is 0. The summed E-state index contributed by atoms with van der Waals surface area (Å²) in [7, 11) is 0. The number of ketones is 1. The van der Waals surface area contributed by atoms with Crippen molar-refractivity contribution in [2.75, 3.05) is 0 Å². The molecule has 98 valence electrons. The van der Waals surface area contributed by atoms with E-state index < -0.39 is 5.82 Å². The Morgan fingerprint density at radius 1 is 1.11 bits per heavy atom. The predicted molar refractivity (Wildman–Crippen MR) is 78.6 cm³/mol. The Hall–Kier alpha value is -0.900. The van der Waals surface area contributed by atoms with Gasteiger partial charge in [0.15, 0.2) is 5.78 Å². The first-order chi connectivity index (χ1) is 8.97. The van der Waals surface area contributed by atoms with Crippen LogP contribution in [0.15, 0.2) is 40.9 Å². The molecule has 0 aliphatic rings. The Bertz CT molecular complexity index is 643. The van der Waals surface area contributed by atoms with Crippen LogP contribution in [0.2, 0.25) is 10.0 Å². The lowest BCUT2D eigenvalue weighted by Gasteiger charge is -2.05. The van der Waals surface area contributed by atoms with Crippen molar-refractivity contribution in [1.29, 1.82) is 0 Å². The van der Waals surface area contributed by atoms with Crippen LogP contribution in [0, 0.1) is 5.82 Å². The van der Waals surface area contributed by atoms with Gasteiger partial charge < -0.3 is 0 Å². The van der Waals surface area contributed by atoms with E-state index in [1.54, 1.807) is 18.2 Å². The Balaban J connectivity index is 2.23. The minimum atomic E-state index is -0.391. The monoisotopic (exact) mass is 360 g/mol. The first-order valence-electron chi connectivity index (χ1n) is 5.39. The molecule has 0 heterocycles. The molecule has 19 heavy (non-hydrogen) atoms. The van der Waals surface area contributed by atoms with E-state index in [9.17, 15) is 9.18 Å². The third-order valence-corrected chi connectivity index (χ3v) is 3.98. The van der Waals surface area contributed by atoms with E-state index in [2.05, 4.69) is 15.9 Å². The minimum absolute atomic E-state index is 0.120. The molecule has 2 aromatic rings. The summed E-state index contributed by atoms with van der Waals surface area (Å²) in [4.78, 5) is 12.1. The minimum Gasteiger partial charge on any atom is -0.294 e. The van der Waals surface area contributed by atoms with Crippen LogP contribution < -0.4 is 0 Å². The molecule has 0 amide bonds. The van der Waals surface area contributed by atoms with Crippen LogP contribution in [0.1, 0.15) is 15.9 Å². The lowest BCUT2D eigenvalue weighted by Crippen LogP contribution is -2.04. The molecule has 0 aliphatic carbocycles. The van der Waals surface area contributed by atoms with Crippen molar-refractivity contribution in [2.24, 2.45) is 0 Å². The van der Waals surface area contributed by atoms with Gasteiger partial charge in [-0.25, -0.2) is 4.39 Å². The van der Waals surface area contributed by atoms with Gasteiger partial charge >= 0.3 is 0 Å². The van der Waals surface area contributed by atoms with Gasteiger partial charge in [0, 0.05) is 16.5 Å². The zero-order valence-corrected chi connectivity index (χ0v) is 12.7. The quantitative estimate of drug-likeness (QED) is 0.676. The fourth-order valence-electron chi connectivity index (χ4n) is 1.65. The summed E-state index contributed by atoms with van der Waals surface area (Å²) in [5.41, 5.74) is 1.20. The molecular formula is C14H8BrCl2FO. The smallest absolute Gasteiger partial charge is 0.168 e. The lowest BCUT2D eigenvalue weighted by atomic mass is 10.0. The van der Waals surface area contributed by atoms with Gasteiger partial charge in [-0.1, -0.05) is 29.3 Å². The predicted octanol–water partition coefficient (Wildman–Crippen LogP) is 5.32. The molecular weight excluding hydrogens is 354 g/mol. The second kappa shape index (κ2) is 6.04. The highest BCUT2D eigenvalue weighted by atomic mass is 79.9. The van der Waals surface area contributed by atoms with Crippen molar-refractivity contribution in [3.63, 3.8) is 0 Å². The maximum absolute atomic E-state index is 13.0. The molecule has 0 saturated carbocycles. The molecule has 5 heteroatoms. The van der Waals surface area contributed by atoms with Crippen LogP contribution >= 0.6 is 39.1 Å². The van der Waals surface area contributed by atoms with Crippen LogP contribution in [0.3, 0.4) is 0 Å². The second-order valence-corrected chi connectivity index (χ2v) is 5.64. The van der Waals surface area contributed by atoms with Crippen LogP contribution in [0.25, 0.3) is 0 Å². The summed E-state index contributed by atoms with van der Waals surface area (Å²) in [6, 6.07) is 9.02. The van der Waals surface area contributed by atoms with E-state index in [0.717, 1.165) is 5.56 Å². The molecule has 0 aromatic heterocycles. The SMILES string of the molecule is O=C(Cc1ccc(Cl)c(Cl)c1)c1ccc(F)cc1Br. The van der Waals surface area contributed by atoms with Crippen molar-refractivity contribution < 1.29 is 9.18 Å². The van der Waals surface area contributed by atoms with E-state index in [0.29, 0.717) is 20.1 Å². The highest BCUT2D eigenvalue weighted by Crippen LogP contribution is 2.24. The molecule has 1 nitrogen and oxygen atoms in total. The third-order valence-electron chi connectivity index (χ3n) is 2.58. The maximum atomic E-state index is 13.0. The van der Waals surface area contributed by atoms with E-state index in [1.165, 1.54) is 18.2 Å². The number of carbonyl (C=O) groups excluding carboxylic acids is 1. The molecule has 2 aromatic carbocycles. The number of Topliss-reactive ketones (excluding diaryl/α,β-unsaturated/α-hetero) is 1. The molecule has 0 aliphatic heterocycles. The zero-order valence-electron chi connectivity index (χ0n) is 9.59. The number of halogens is 4. The van der Waals surface area contributed by atoms with Crippen LogP contribution in [0.4, 0.5) is 4.39 Å². The summed E-state index contributed by atoms with van der Waals surface area (Å²) in [5.74, 6) is -0.511. The highest BCUT2D eigenvalue weighted by Gasteiger charge is 2.12. The molecule has 0 radical (unpaired) electrons. The molecule has 0 atom stereocenters.